The van der Waals surface area contributed by atoms with Crippen LogP contribution >= 0.6 is 23.2 Å². The van der Waals surface area contributed by atoms with Gasteiger partial charge in [0.15, 0.2) is 0 Å². The lowest BCUT2D eigenvalue weighted by molar-refractivity contribution is -0.140. The lowest BCUT2D eigenvalue weighted by Gasteiger charge is -2.35. The molecule has 4 aromatic rings. The molecule has 0 saturated heterocycles. The summed E-state index contributed by atoms with van der Waals surface area (Å²) in [4.78, 5) is 29.9. The molecule has 4 rings (SSSR count). The van der Waals surface area contributed by atoms with Gasteiger partial charge in [-0.05, 0) is 81.3 Å². The van der Waals surface area contributed by atoms with E-state index in [-0.39, 0.29) is 29.5 Å². The highest BCUT2D eigenvalue weighted by Crippen LogP contribution is 2.28. The van der Waals surface area contributed by atoms with Crippen LogP contribution in [0.25, 0.3) is 0 Å². The number of hydrogen-bond donors (Lipinski definition) is 1. The molecule has 4 aromatic carbocycles. The lowest BCUT2D eigenvalue weighted by Crippen LogP contribution is -2.56. The van der Waals surface area contributed by atoms with Crippen molar-refractivity contribution < 1.29 is 18.0 Å². The predicted octanol–water partition coefficient (Wildman–Crippen LogP) is 7.05. The van der Waals surface area contributed by atoms with Crippen molar-refractivity contribution in [1.29, 1.82) is 0 Å². The molecule has 0 aliphatic carbocycles. The number of carbonyl (C=O) groups is 2. The Bertz CT molecular complexity index is 1720. The van der Waals surface area contributed by atoms with Gasteiger partial charge in [0.25, 0.3) is 10.0 Å². The van der Waals surface area contributed by atoms with Crippen LogP contribution in [0.1, 0.15) is 37.5 Å². The largest absolute Gasteiger partial charge is 0.350 e. The van der Waals surface area contributed by atoms with E-state index in [0.717, 1.165) is 21.0 Å². The van der Waals surface area contributed by atoms with Crippen LogP contribution in [0.3, 0.4) is 0 Å². The molecule has 1 N–H and O–H groups in total. The van der Waals surface area contributed by atoms with Gasteiger partial charge in [0.2, 0.25) is 11.8 Å². The molecule has 10 heteroatoms. The number of nitrogens with zero attached hydrogens (tertiary/aromatic N) is 2. The molecule has 236 valence electrons. The van der Waals surface area contributed by atoms with Crippen LogP contribution in [-0.4, -0.2) is 43.3 Å². The van der Waals surface area contributed by atoms with E-state index in [2.05, 4.69) is 5.32 Å². The maximum atomic E-state index is 14.5. The molecule has 0 unspecified atom stereocenters. The van der Waals surface area contributed by atoms with Crippen LogP contribution in [0, 0.1) is 6.92 Å². The Balaban J connectivity index is 1.81. The summed E-state index contributed by atoms with van der Waals surface area (Å²) in [5, 5.41) is 3.71. The summed E-state index contributed by atoms with van der Waals surface area (Å²) in [6.45, 7) is 7.08. The number of benzene rings is 4. The Morgan fingerprint density at radius 1 is 0.800 bits per heavy atom. The number of aryl methyl sites for hydroxylation is 1. The first-order chi connectivity index (χ1) is 21.2. The molecule has 0 heterocycles. The van der Waals surface area contributed by atoms with Crippen LogP contribution in [0.15, 0.2) is 108 Å². The van der Waals surface area contributed by atoms with Gasteiger partial charge >= 0.3 is 0 Å². The monoisotopic (exact) mass is 665 g/mol. The van der Waals surface area contributed by atoms with Crippen molar-refractivity contribution in [3.63, 3.8) is 0 Å². The minimum Gasteiger partial charge on any atom is -0.350 e. The van der Waals surface area contributed by atoms with E-state index in [1.807, 2.05) is 82.3 Å². The Labute approximate surface area is 275 Å². The van der Waals surface area contributed by atoms with Gasteiger partial charge in [-0.3, -0.25) is 13.9 Å². The number of nitrogens with one attached hydrogen (secondary N) is 1. The summed E-state index contributed by atoms with van der Waals surface area (Å²) in [7, 11) is -4.26. The van der Waals surface area contributed by atoms with E-state index in [9.17, 15) is 18.0 Å². The molecule has 45 heavy (non-hydrogen) atoms. The zero-order chi connectivity index (χ0) is 32.8. The maximum Gasteiger partial charge on any atom is 0.264 e. The van der Waals surface area contributed by atoms with Crippen LogP contribution in [-0.2, 0) is 32.6 Å². The van der Waals surface area contributed by atoms with E-state index in [0.29, 0.717) is 10.0 Å². The Hall–Kier alpha value is -3.85. The summed E-state index contributed by atoms with van der Waals surface area (Å²) < 4.78 is 29.2. The first-order valence-corrected chi connectivity index (χ1v) is 16.7. The third kappa shape index (κ3) is 9.33. The second-order valence-electron chi connectivity index (χ2n) is 11.9. The van der Waals surface area contributed by atoms with Crippen molar-refractivity contribution in [1.82, 2.24) is 10.2 Å². The SMILES string of the molecule is Cc1ccc(CN(C(=O)CN(c2cccc(Cl)c2)S(=O)(=O)c2ccc(Cl)cc2)[C@H](Cc2ccccc2)C(=O)NC(C)(C)C)cc1. The fourth-order valence-corrected chi connectivity index (χ4v) is 6.51. The number of halogens is 2. The third-order valence-electron chi connectivity index (χ3n) is 7.02. The maximum absolute atomic E-state index is 14.5. The van der Waals surface area contributed by atoms with Gasteiger partial charge in [-0.1, -0.05) is 89.4 Å². The first-order valence-electron chi connectivity index (χ1n) is 14.5. The van der Waals surface area contributed by atoms with Gasteiger partial charge in [0.1, 0.15) is 12.6 Å². The lowest BCUT2D eigenvalue weighted by atomic mass is 10.0. The van der Waals surface area contributed by atoms with Gasteiger partial charge in [0, 0.05) is 28.5 Å². The van der Waals surface area contributed by atoms with Gasteiger partial charge in [0.05, 0.1) is 10.6 Å². The topological polar surface area (TPSA) is 86.8 Å². The van der Waals surface area contributed by atoms with Crippen molar-refractivity contribution in [3.8, 4) is 0 Å². The molecular formula is C35H37Cl2N3O4S. The normalized spacial score (nSPS) is 12.3. The number of sulfonamides is 1. The summed E-state index contributed by atoms with van der Waals surface area (Å²) in [6.07, 6.45) is 0.224. The molecule has 0 aromatic heterocycles. The van der Waals surface area contributed by atoms with E-state index in [1.165, 1.54) is 35.2 Å². The zero-order valence-electron chi connectivity index (χ0n) is 25.7. The number of carbonyl (C=O) groups excluding carboxylic acids is 2. The molecule has 1 atom stereocenters. The number of rotatable bonds is 11. The highest BCUT2D eigenvalue weighted by molar-refractivity contribution is 7.92. The highest BCUT2D eigenvalue weighted by atomic mass is 35.5. The number of amides is 2. The number of anilines is 1. The van der Waals surface area contributed by atoms with Crippen molar-refractivity contribution in [2.24, 2.45) is 0 Å². The fourth-order valence-electron chi connectivity index (χ4n) is 4.79. The minimum atomic E-state index is -4.26. The standard InChI is InChI=1S/C35H37Cl2N3O4S/c1-25-13-15-27(16-14-25)23-39(32(34(42)38-35(2,3)4)21-26-9-6-5-7-10-26)33(41)24-40(30-12-8-11-29(37)22-30)45(43,44)31-19-17-28(36)18-20-31/h5-20,22,32H,21,23-24H2,1-4H3,(H,38,42)/t32-/m1/s1. The summed E-state index contributed by atoms with van der Waals surface area (Å²) in [5.74, 6) is -0.903. The van der Waals surface area contributed by atoms with Crippen LogP contribution in [0.5, 0.6) is 0 Å². The highest BCUT2D eigenvalue weighted by Gasteiger charge is 2.35. The summed E-state index contributed by atoms with van der Waals surface area (Å²) in [6, 6.07) is 28.2. The average Bonchev–Trinajstić information content (AvgIpc) is 2.98. The van der Waals surface area contributed by atoms with Gasteiger partial charge in [-0.25, -0.2) is 8.42 Å². The van der Waals surface area contributed by atoms with E-state index < -0.39 is 34.1 Å². The fraction of sp³-hybridized carbons (Fsp3) is 0.257. The van der Waals surface area contributed by atoms with Gasteiger partial charge < -0.3 is 10.2 Å². The van der Waals surface area contributed by atoms with Crippen LogP contribution in [0.4, 0.5) is 5.69 Å². The van der Waals surface area contributed by atoms with Gasteiger partial charge in [-0.15, -0.1) is 0 Å². The Morgan fingerprint density at radius 3 is 2.04 bits per heavy atom. The molecule has 0 radical (unpaired) electrons. The molecule has 2 amide bonds. The van der Waals surface area contributed by atoms with Crippen molar-refractivity contribution in [2.75, 3.05) is 10.8 Å². The zero-order valence-corrected chi connectivity index (χ0v) is 28.0. The molecule has 0 bridgehead atoms. The quantitative estimate of drug-likeness (QED) is 0.186. The van der Waals surface area contributed by atoms with Crippen LogP contribution in [0.2, 0.25) is 10.0 Å². The summed E-state index contributed by atoms with van der Waals surface area (Å²) in [5.41, 5.74) is 2.33. The Kier molecular flexibility index (Phi) is 11.0. The molecule has 0 aliphatic heterocycles. The molecule has 0 spiro atoms. The van der Waals surface area contributed by atoms with E-state index >= 15 is 0 Å². The second-order valence-corrected chi connectivity index (χ2v) is 14.6. The molecule has 0 saturated carbocycles. The molecule has 0 aliphatic rings. The molecule has 7 nitrogen and oxygen atoms in total. The first kappa shape index (κ1) is 34.0. The van der Waals surface area contributed by atoms with Crippen molar-refractivity contribution >= 4 is 50.7 Å². The van der Waals surface area contributed by atoms with Crippen LogP contribution < -0.4 is 9.62 Å². The average molecular weight is 667 g/mol. The predicted molar refractivity (Wildman–Crippen MR) is 181 cm³/mol. The second kappa shape index (κ2) is 14.5. The summed E-state index contributed by atoms with van der Waals surface area (Å²) >= 11 is 12.3. The third-order valence-corrected chi connectivity index (χ3v) is 9.29. The van der Waals surface area contributed by atoms with Crippen molar-refractivity contribution in [2.45, 2.75) is 57.1 Å². The molecule has 0 fully saturated rings. The smallest absolute Gasteiger partial charge is 0.264 e. The Morgan fingerprint density at radius 2 is 1.44 bits per heavy atom. The minimum absolute atomic E-state index is 0.0453. The molecular weight excluding hydrogens is 629 g/mol. The van der Waals surface area contributed by atoms with Gasteiger partial charge in [-0.2, -0.15) is 0 Å². The van der Waals surface area contributed by atoms with E-state index in [1.54, 1.807) is 18.2 Å². The van der Waals surface area contributed by atoms with E-state index in [4.69, 9.17) is 23.2 Å². The number of hydrogen-bond acceptors (Lipinski definition) is 4. The van der Waals surface area contributed by atoms with Crippen molar-refractivity contribution in [3.05, 3.63) is 130 Å².